The smallest absolute Gasteiger partial charge is 0.335 e. The lowest BCUT2D eigenvalue weighted by Crippen LogP contribution is -2.03. The lowest BCUT2D eigenvalue weighted by atomic mass is 10.1. The van der Waals surface area contributed by atoms with Crippen LogP contribution >= 0.6 is 0 Å². The van der Waals surface area contributed by atoms with Gasteiger partial charge in [0.05, 0.1) is 5.56 Å². The second-order valence-corrected chi connectivity index (χ2v) is 2.84. The quantitative estimate of drug-likeness (QED) is 0.778. The van der Waals surface area contributed by atoms with Crippen LogP contribution in [0, 0.1) is 6.92 Å². The third-order valence-corrected chi connectivity index (χ3v) is 1.77. The van der Waals surface area contributed by atoms with Crippen molar-refractivity contribution in [1.29, 1.82) is 0 Å². The van der Waals surface area contributed by atoms with Gasteiger partial charge < -0.3 is 14.6 Å². The van der Waals surface area contributed by atoms with E-state index in [0.717, 1.165) is 5.56 Å². The molecule has 1 rings (SSSR count). The number of carboxylic acid groups (broad SMARTS) is 1. The number of methoxy groups -OCH3 is 1. The number of aromatic carboxylic acids is 1. The van der Waals surface area contributed by atoms with Crippen LogP contribution in [0.15, 0.2) is 18.2 Å². The maximum Gasteiger partial charge on any atom is 0.335 e. The summed E-state index contributed by atoms with van der Waals surface area (Å²) < 4.78 is 9.92. The first-order valence-electron chi connectivity index (χ1n) is 4.11. The molecule has 0 heterocycles. The fourth-order valence-corrected chi connectivity index (χ4v) is 1.01. The normalized spacial score (nSPS) is 9.20. The number of hydrogen-bond acceptors (Lipinski definition) is 3. The van der Waals surface area contributed by atoms with Gasteiger partial charge in [-0.15, -0.1) is 0 Å². The first kappa shape index (κ1) is 13.4. The monoisotopic (exact) mass is 212 g/mol. The Kier molecular flexibility index (Phi) is 5.41. The predicted octanol–water partition coefficient (Wildman–Crippen LogP) is 2.31. The molecule has 4 heteroatoms. The maximum absolute atomic E-state index is 10.7. The third-order valence-electron chi connectivity index (χ3n) is 1.77. The van der Waals surface area contributed by atoms with E-state index < -0.39 is 5.97 Å². The van der Waals surface area contributed by atoms with Gasteiger partial charge in [0.15, 0.2) is 6.79 Å². The Morgan fingerprint density at radius 3 is 2.67 bits per heavy atom. The van der Waals surface area contributed by atoms with Crippen molar-refractivity contribution in [2.75, 3.05) is 13.9 Å². The number of ether oxygens (including phenoxy) is 2. The molecule has 0 saturated carbocycles. The molecule has 0 aromatic heterocycles. The van der Waals surface area contributed by atoms with Crippen LogP contribution in [0.3, 0.4) is 0 Å². The summed E-state index contributed by atoms with van der Waals surface area (Å²) in [5.41, 5.74) is 1.09. The number of carboxylic acids is 1. The van der Waals surface area contributed by atoms with Crippen molar-refractivity contribution in [2.24, 2.45) is 0 Å². The SMILES string of the molecule is C.COCOc1cc(C(=O)O)ccc1C. The van der Waals surface area contributed by atoms with E-state index in [4.69, 9.17) is 14.6 Å². The molecule has 0 aliphatic carbocycles. The van der Waals surface area contributed by atoms with Crippen LogP contribution in [0.5, 0.6) is 5.75 Å². The van der Waals surface area contributed by atoms with Crippen LogP contribution in [-0.2, 0) is 4.74 Å². The van der Waals surface area contributed by atoms with Crippen LogP contribution in [0.2, 0.25) is 0 Å². The van der Waals surface area contributed by atoms with Gasteiger partial charge in [0.1, 0.15) is 5.75 Å². The predicted molar refractivity (Wildman–Crippen MR) is 57.4 cm³/mol. The summed E-state index contributed by atoms with van der Waals surface area (Å²) in [6.07, 6.45) is 0. The van der Waals surface area contributed by atoms with Gasteiger partial charge in [0.25, 0.3) is 0 Å². The van der Waals surface area contributed by atoms with E-state index in [-0.39, 0.29) is 19.8 Å². The van der Waals surface area contributed by atoms with Crippen molar-refractivity contribution in [2.45, 2.75) is 14.4 Å². The molecule has 0 aliphatic heterocycles. The Balaban J connectivity index is 0.00000196. The molecule has 0 saturated heterocycles. The molecule has 0 atom stereocenters. The van der Waals surface area contributed by atoms with Crippen molar-refractivity contribution < 1.29 is 19.4 Å². The van der Waals surface area contributed by atoms with E-state index in [0.29, 0.717) is 5.75 Å². The summed E-state index contributed by atoms with van der Waals surface area (Å²) in [4.78, 5) is 10.7. The summed E-state index contributed by atoms with van der Waals surface area (Å²) in [5.74, 6) is -0.431. The minimum absolute atomic E-state index is 0. The first-order chi connectivity index (χ1) is 6.65. The molecule has 0 amide bonds. The number of carbonyl (C=O) groups is 1. The summed E-state index contributed by atoms with van der Waals surface area (Å²) in [6.45, 7) is 1.96. The molecular formula is C11H16O4. The van der Waals surface area contributed by atoms with Gasteiger partial charge in [-0.3, -0.25) is 0 Å². The summed E-state index contributed by atoms with van der Waals surface area (Å²) in [7, 11) is 1.51. The highest BCUT2D eigenvalue weighted by Gasteiger charge is 2.06. The van der Waals surface area contributed by atoms with E-state index >= 15 is 0 Å². The molecule has 1 aromatic carbocycles. The fourth-order valence-electron chi connectivity index (χ4n) is 1.01. The molecule has 0 bridgehead atoms. The number of rotatable bonds is 4. The van der Waals surface area contributed by atoms with Crippen molar-refractivity contribution in [3.63, 3.8) is 0 Å². The van der Waals surface area contributed by atoms with E-state index in [9.17, 15) is 4.79 Å². The molecule has 1 aromatic rings. The standard InChI is InChI=1S/C10H12O4.CH4/c1-7-3-4-8(10(11)12)5-9(7)14-6-13-2;/h3-5H,6H2,1-2H3,(H,11,12);1H4. The Bertz CT molecular complexity index is 333. The van der Waals surface area contributed by atoms with Crippen LogP contribution in [-0.4, -0.2) is 25.0 Å². The molecule has 0 fully saturated rings. The molecule has 4 nitrogen and oxygen atoms in total. The van der Waals surface area contributed by atoms with Gasteiger partial charge in [-0.2, -0.15) is 0 Å². The van der Waals surface area contributed by atoms with Gasteiger partial charge in [-0.25, -0.2) is 4.79 Å². The highest BCUT2D eigenvalue weighted by atomic mass is 16.7. The second kappa shape index (κ2) is 6.03. The van der Waals surface area contributed by atoms with Crippen molar-refractivity contribution in [3.8, 4) is 5.75 Å². The van der Waals surface area contributed by atoms with Crippen LogP contribution < -0.4 is 4.74 Å². The van der Waals surface area contributed by atoms with Crippen LogP contribution in [0.1, 0.15) is 23.3 Å². The van der Waals surface area contributed by atoms with E-state index in [1.807, 2.05) is 6.92 Å². The molecule has 0 radical (unpaired) electrons. The number of hydrogen-bond donors (Lipinski definition) is 1. The minimum Gasteiger partial charge on any atom is -0.478 e. The van der Waals surface area contributed by atoms with Crippen molar-refractivity contribution in [3.05, 3.63) is 29.3 Å². The topological polar surface area (TPSA) is 55.8 Å². The zero-order valence-electron chi connectivity index (χ0n) is 8.11. The van der Waals surface area contributed by atoms with Gasteiger partial charge in [-0.05, 0) is 24.6 Å². The van der Waals surface area contributed by atoms with E-state index in [1.54, 1.807) is 6.07 Å². The Morgan fingerprint density at radius 2 is 2.13 bits per heavy atom. The second-order valence-electron chi connectivity index (χ2n) is 2.84. The van der Waals surface area contributed by atoms with Crippen molar-refractivity contribution >= 4 is 5.97 Å². The lowest BCUT2D eigenvalue weighted by molar-refractivity contribution is 0.0502. The largest absolute Gasteiger partial charge is 0.478 e. The molecule has 0 unspecified atom stereocenters. The lowest BCUT2D eigenvalue weighted by Gasteiger charge is -2.08. The average molecular weight is 212 g/mol. The van der Waals surface area contributed by atoms with Crippen LogP contribution in [0.4, 0.5) is 0 Å². The molecule has 0 spiro atoms. The number of benzene rings is 1. The minimum atomic E-state index is -0.965. The summed E-state index contributed by atoms with van der Waals surface area (Å²) in [5, 5.41) is 8.74. The van der Waals surface area contributed by atoms with Crippen molar-refractivity contribution in [1.82, 2.24) is 0 Å². The number of aryl methyl sites for hydroxylation is 1. The first-order valence-corrected chi connectivity index (χ1v) is 4.11. The Morgan fingerprint density at radius 1 is 1.47 bits per heavy atom. The third kappa shape index (κ3) is 3.59. The molecule has 1 N–H and O–H groups in total. The van der Waals surface area contributed by atoms with E-state index in [1.165, 1.54) is 19.2 Å². The molecule has 0 aliphatic rings. The highest BCUT2D eigenvalue weighted by Crippen LogP contribution is 2.19. The fraction of sp³-hybridized carbons (Fsp3) is 0.364. The molecule has 15 heavy (non-hydrogen) atoms. The van der Waals surface area contributed by atoms with Crippen LogP contribution in [0.25, 0.3) is 0 Å². The van der Waals surface area contributed by atoms with Gasteiger partial charge >= 0.3 is 5.97 Å². The average Bonchev–Trinajstić information content (AvgIpc) is 2.16. The molecule has 84 valence electrons. The van der Waals surface area contributed by atoms with Gasteiger partial charge in [0.2, 0.25) is 0 Å². The summed E-state index contributed by atoms with van der Waals surface area (Å²) in [6, 6.07) is 4.72. The van der Waals surface area contributed by atoms with E-state index in [2.05, 4.69) is 0 Å². The maximum atomic E-state index is 10.7. The van der Waals surface area contributed by atoms with Gasteiger partial charge in [0, 0.05) is 7.11 Å². The Hall–Kier alpha value is -1.55. The zero-order chi connectivity index (χ0) is 10.6. The van der Waals surface area contributed by atoms with Gasteiger partial charge in [-0.1, -0.05) is 13.5 Å². The Labute approximate surface area is 89.4 Å². The zero-order valence-corrected chi connectivity index (χ0v) is 8.11. The summed E-state index contributed by atoms with van der Waals surface area (Å²) >= 11 is 0. The highest BCUT2D eigenvalue weighted by molar-refractivity contribution is 5.88. The molecular weight excluding hydrogens is 196 g/mol.